The molecule has 0 fully saturated rings. The number of sulfone groups is 1. The van der Waals surface area contributed by atoms with Gasteiger partial charge in [0.2, 0.25) is 5.91 Å². The van der Waals surface area contributed by atoms with E-state index < -0.39 is 15.7 Å². The van der Waals surface area contributed by atoms with Gasteiger partial charge in [-0.3, -0.25) is 4.79 Å². The molecule has 0 unspecified atom stereocenters. The molecule has 5 nitrogen and oxygen atoms in total. The zero-order valence-corrected chi connectivity index (χ0v) is 13.5. The number of methoxy groups -OCH3 is 1. The van der Waals surface area contributed by atoms with Gasteiger partial charge in [-0.1, -0.05) is 6.07 Å². The van der Waals surface area contributed by atoms with Gasteiger partial charge in [0.15, 0.2) is 21.4 Å². The molecular weight excluding hydrogens is 321 g/mol. The van der Waals surface area contributed by atoms with E-state index in [1.54, 1.807) is 6.07 Å². The van der Waals surface area contributed by atoms with Gasteiger partial charge < -0.3 is 10.1 Å². The zero-order valence-electron chi connectivity index (χ0n) is 12.7. The van der Waals surface area contributed by atoms with Gasteiger partial charge in [0.25, 0.3) is 0 Å². The second kappa shape index (κ2) is 6.78. The fourth-order valence-corrected chi connectivity index (χ4v) is 2.63. The third-order valence-electron chi connectivity index (χ3n) is 3.15. The molecule has 0 aliphatic heterocycles. The number of carbonyl (C=O) groups is 1. The quantitative estimate of drug-likeness (QED) is 0.909. The highest BCUT2D eigenvalue weighted by molar-refractivity contribution is 7.90. The van der Waals surface area contributed by atoms with Crippen LogP contribution >= 0.6 is 0 Å². The molecule has 0 aliphatic rings. The summed E-state index contributed by atoms with van der Waals surface area (Å²) >= 11 is 0. The van der Waals surface area contributed by atoms with Crippen molar-refractivity contribution in [2.24, 2.45) is 0 Å². The topological polar surface area (TPSA) is 72.5 Å². The highest BCUT2D eigenvalue weighted by atomic mass is 32.2. The SMILES string of the molecule is COc1ccc(CC(=O)Nc2ccc(S(C)(=O)=O)cc2)cc1F. The lowest BCUT2D eigenvalue weighted by atomic mass is 10.1. The van der Waals surface area contributed by atoms with Crippen molar-refractivity contribution >= 4 is 21.4 Å². The summed E-state index contributed by atoms with van der Waals surface area (Å²) in [4.78, 5) is 12.1. The van der Waals surface area contributed by atoms with Crippen LogP contribution in [0.25, 0.3) is 0 Å². The third-order valence-corrected chi connectivity index (χ3v) is 4.28. The minimum absolute atomic E-state index is 0.00522. The number of hydrogen-bond donors (Lipinski definition) is 1. The van der Waals surface area contributed by atoms with Crippen LogP contribution in [-0.4, -0.2) is 27.7 Å². The lowest BCUT2D eigenvalue weighted by molar-refractivity contribution is -0.115. The van der Waals surface area contributed by atoms with Crippen LogP contribution in [0, 0.1) is 5.82 Å². The van der Waals surface area contributed by atoms with Crippen molar-refractivity contribution in [1.29, 1.82) is 0 Å². The Hall–Kier alpha value is -2.41. The minimum Gasteiger partial charge on any atom is -0.494 e. The Balaban J connectivity index is 2.03. The number of carbonyl (C=O) groups excluding carboxylic acids is 1. The first-order valence-electron chi connectivity index (χ1n) is 6.72. The Morgan fingerprint density at radius 1 is 1.17 bits per heavy atom. The first kappa shape index (κ1) is 17.0. The number of amides is 1. The van der Waals surface area contributed by atoms with Crippen LogP contribution in [0.3, 0.4) is 0 Å². The summed E-state index contributed by atoms with van der Waals surface area (Å²) in [6.07, 6.45) is 1.10. The predicted molar refractivity (Wildman–Crippen MR) is 84.8 cm³/mol. The van der Waals surface area contributed by atoms with E-state index in [0.29, 0.717) is 11.3 Å². The molecule has 2 aromatic carbocycles. The van der Waals surface area contributed by atoms with E-state index in [1.807, 2.05) is 0 Å². The molecule has 0 aliphatic carbocycles. The van der Waals surface area contributed by atoms with Gasteiger partial charge in [0, 0.05) is 11.9 Å². The molecule has 0 spiro atoms. The molecule has 23 heavy (non-hydrogen) atoms. The number of hydrogen-bond acceptors (Lipinski definition) is 4. The van der Waals surface area contributed by atoms with Crippen LogP contribution in [-0.2, 0) is 21.1 Å². The fourth-order valence-electron chi connectivity index (χ4n) is 2.00. The molecule has 7 heteroatoms. The van der Waals surface area contributed by atoms with Gasteiger partial charge in [-0.25, -0.2) is 12.8 Å². The van der Waals surface area contributed by atoms with Gasteiger partial charge >= 0.3 is 0 Å². The van der Waals surface area contributed by atoms with E-state index in [2.05, 4.69) is 5.32 Å². The molecule has 1 amide bonds. The molecule has 2 aromatic rings. The summed E-state index contributed by atoms with van der Waals surface area (Å²) in [5.41, 5.74) is 0.977. The summed E-state index contributed by atoms with van der Waals surface area (Å²) in [6.45, 7) is 0. The van der Waals surface area contributed by atoms with Crippen LogP contribution in [0.2, 0.25) is 0 Å². The van der Waals surface area contributed by atoms with Crippen molar-refractivity contribution < 1.29 is 22.3 Å². The normalized spacial score (nSPS) is 11.1. The van der Waals surface area contributed by atoms with E-state index >= 15 is 0 Å². The van der Waals surface area contributed by atoms with Crippen LogP contribution in [0.1, 0.15) is 5.56 Å². The van der Waals surface area contributed by atoms with Crippen LogP contribution in [0.15, 0.2) is 47.4 Å². The molecule has 2 rings (SSSR count). The molecule has 0 atom stereocenters. The average molecular weight is 337 g/mol. The van der Waals surface area contributed by atoms with Crippen molar-refractivity contribution in [3.05, 3.63) is 53.8 Å². The van der Waals surface area contributed by atoms with Gasteiger partial charge in [0.05, 0.1) is 18.4 Å². The highest BCUT2D eigenvalue weighted by Crippen LogP contribution is 2.19. The number of halogens is 1. The monoisotopic (exact) mass is 337 g/mol. The summed E-state index contributed by atoms with van der Waals surface area (Å²) in [6, 6.07) is 10.1. The van der Waals surface area contributed by atoms with Crippen LogP contribution in [0.5, 0.6) is 5.75 Å². The molecule has 1 N–H and O–H groups in total. The van der Waals surface area contributed by atoms with Gasteiger partial charge in [-0.15, -0.1) is 0 Å². The van der Waals surface area contributed by atoms with E-state index in [1.165, 1.54) is 43.5 Å². The molecule has 0 heterocycles. The van der Waals surface area contributed by atoms with Crippen molar-refractivity contribution in [3.8, 4) is 5.75 Å². The van der Waals surface area contributed by atoms with Crippen LogP contribution < -0.4 is 10.1 Å². The summed E-state index contributed by atoms with van der Waals surface area (Å²) in [7, 11) is -1.91. The number of benzene rings is 2. The minimum atomic E-state index is -3.27. The Morgan fingerprint density at radius 3 is 2.35 bits per heavy atom. The lowest BCUT2D eigenvalue weighted by Gasteiger charge is -2.07. The zero-order chi connectivity index (χ0) is 17.0. The Kier molecular flexibility index (Phi) is 5.00. The van der Waals surface area contributed by atoms with Gasteiger partial charge in [-0.2, -0.15) is 0 Å². The molecular formula is C16H16FNO4S. The predicted octanol–water partition coefficient (Wildman–Crippen LogP) is 2.42. The first-order valence-corrected chi connectivity index (χ1v) is 8.61. The summed E-state index contributed by atoms with van der Waals surface area (Å²) < 4.78 is 41.1. The number of rotatable bonds is 5. The van der Waals surface area contributed by atoms with Crippen molar-refractivity contribution in [2.75, 3.05) is 18.7 Å². The Bertz CT molecular complexity index is 816. The fraction of sp³-hybridized carbons (Fsp3) is 0.188. The van der Waals surface area contributed by atoms with Gasteiger partial charge in [0.1, 0.15) is 0 Å². The van der Waals surface area contributed by atoms with Crippen molar-refractivity contribution in [3.63, 3.8) is 0 Å². The molecule has 0 bridgehead atoms. The van der Waals surface area contributed by atoms with E-state index in [9.17, 15) is 17.6 Å². The number of anilines is 1. The number of ether oxygens (including phenoxy) is 1. The highest BCUT2D eigenvalue weighted by Gasteiger charge is 2.10. The molecule has 0 saturated carbocycles. The van der Waals surface area contributed by atoms with Crippen molar-refractivity contribution in [1.82, 2.24) is 0 Å². The third kappa shape index (κ3) is 4.53. The second-order valence-electron chi connectivity index (χ2n) is 4.99. The van der Waals surface area contributed by atoms with Crippen LogP contribution in [0.4, 0.5) is 10.1 Å². The number of nitrogens with one attached hydrogen (secondary N) is 1. The maximum atomic E-state index is 13.6. The smallest absolute Gasteiger partial charge is 0.228 e. The van der Waals surface area contributed by atoms with E-state index in [4.69, 9.17) is 4.74 Å². The molecule has 122 valence electrons. The second-order valence-corrected chi connectivity index (χ2v) is 7.01. The Labute approximate surface area is 134 Å². The first-order chi connectivity index (χ1) is 10.8. The molecule has 0 radical (unpaired) electrons. The Morgan fingerprint density at radius 2 is 1.83 bits per heavy atom. The van der Waals surface area contributed by atoms with Gasteiger partial charge in [-0.05, 0) is 42.0 Å². The summed E-state index contributed by atoms with van der Waals surface area (Å²) in [5, 5.41) is 2.63. The molecule has 0 aromatic heterocycles. The molecule has 0 saturated heterocycles. The standard InChI is InChI=1S/C16H16FNO4S/c1-22-15-8-3-11(9-14(15)17)10-16(19)18-12-4-6-13(7-5-12)23(2,20)21/h3-9H,10H2,1-2H3,(H,18,19). The lowest BCUT2D eigenvalue weighted by Crippen LogP contribution is -2.14. The maximum Gasteiger partial charge on any atom is 0.228 e. The van der Waals surface area contributed by atoms with E-state index in [-0.39, 0.29) is 23.0 Å². The maximum absolute atomic E-state index is 13.6. The van der Waals surface area contributed by atoms with E-state index in [0.717, 1.165) is 6.26 Å². The average Bonchev–Trinajstić information content (AvgIpc) is 2.47. The summed E-state index contributed by atoms with van der Waals surface area (Å²) in [5.74, 6) is -0.748. The van der Waals surface area contributed by atoms with Crippen molar-refractivity contribution in [2.45, 2.75) is 11.3 Å². The largest absolute Gasteiger partial charge is 0.494 e.